The van der Waals surface area contributed by atoms with E-state index in [1.807, 2.05) is 36.4 Å². The van der Waals surface area contributed by atoms with E-state index in [-0.39, 0.29) is 5.91 Å². The number of aromatic nitrogens is 1. The second-order valence-electron chi connectivity index (χ2n) is 5.51. The second-order valence-corrected chi connectivity index (χ2v) is 5.51. The van der Waals surface area contributed by atoms with Crippen LogP contribution in [0.4, 0.5) is 0 Å². The summed E-state index contributed by atoms with van der Waals surface area (Å²) in [6.45, 7) is 4.88. The van der Waals surface area contributed by atoms with E-state index in [1.165, 1.54) is 0 Å². The quantitative estimate of drug-likeness (QED) is 0.915. The molecule has 0 atom stereocenters. The maximum absolute atomic E-state index is 12.1. The summed E-state index contributed by atoms with van der Waals surface area (Å²) in [5, 5.41) is 2.92. The van der Waals surface area contributed by atoms with Crippen LogP contribution in [0.15, 0.2) is 48.7 Å². The lowest BCUT2D eigenvalue weighted by molar-refractivity contribution is 0.0383. The van der Waals surface area contributed by atoms with Gasteiger partial charge in [-0.1, -0.05) is 36.4 Å². The molecule has 23 heavy (non-hydrogen) atoms. The van der Waals surface area contributed by atoms with Gasteiger partial charge in [0, 0.05) is 37.9 Å². The van der Waals surface area contributed by atoms with Crippen LogP contribution in [-0.2, 0) is 4.74 Å². The summed E-state index contributed by atoms with van der Waals surface area (Å²) in [7, 11) is 0. The first-order valence-corrected chi connectivity index (χ1v) is 7.93. The number of rotatable bonds is 5. The fraction of sp³-hybridized carbons (Fsp3) is 0.333. The minimum Gasteiger partial charge on any atom is -0.379 e. The van der Waals surface area contributed by atoms with Crippen LogP contribution in [-0.4, -0.2) is 55.2 Å². The van der Waals surface area contributed by atoms with Gasteiger partial charge in [-0.05, 0) is 11.6 Å². The summed E-state index contributed by atoms with van der Waals surface area (Å²) in [4.78, 5) is 18.7. The molecule has 0 unspecified atom stereocenters. The summed E-state index contributed by atoms with van der Waals surface area (Å²) >= 11 is 0. The lowest BCUT2D eigenvalue weighted by atomic mass is 10.1. The van der Waals surface area contributed by atoms with Crippen LogP contribution in [0.3, 0.4) is 0 Å². The molecule has 1 N–H and O–H groups in total. The molecular formula is C18H21N3O2. The third kappa shape index (κ3) is 4.37. The Kier molecular flexibility index (Phi) is 5.34. The molecule has 1 aliphatic rings. The van der Waals surface area contributed by atoms with Gasteiger partial charge in [-0.3, -0.25) is 14.7 Å². The monoisotopic (exact) mass is 311 g/mol. The van der Waals surface area contributed by atoms with Gasteiger partial charge in [-0.15, -0.1) is 0 Å². The highest BCUT2D eigenvalue weighted by atomic mass is 16.5. The molecule has 1 aliphatic heterocycles. The Labute approximate surface area is 136 Å². The Hall–Kier alpha value is -2.24. The van der Waals surface area contributed by atoms with Crippen molar-refractivity contribution in [2.45, 2.75) is 0 Å². The van der Waals surface area contributed by atoms with E-state index in [0.29, 0.717) is 12.2 Å². The van der Waals surface area contributed by atoms with Crippen molar-refractivity contribution in [3.05, 3.63) is 54.4 Å². The van der Waals surface area contributed by atoms with Crippen molar-refractivity contribution >= 4 is 5.91 Å². The molecule has 0 radical (unpaired) electrons. The van der Waals surface area contributed by atoms with Crippen molar-refractivity contribution in [2.24, 2.45) is 0 Å². The van der Waals surface area contributed by atoms with E-state index in [4.69, 9.17) is 4.74 Å². The van der Waals surface area contributed by atoms with Crippen LogP contribution in [0.1, 0.15) is 10.5 Å². The molecular weight excluding hydrogens is 290 g/mol. The fourth-order valence-electron chi connectivity index (χ4n) is 2.57. The van der Waals surface area contributed by atoms with Gasteiger partial charge in [0.05, 0.1) is 13.2 Å². The molecule has 3 rings (SSSR count). The molecule has 0 spiro atoms. The van der Waals surface area contributed by atoms with Gasteiger partial charge in [0.15, 0.2) is 0 Å². The molecule has 1 fully saturated rings. The van der Waals surface area contributed by atoms with Gasteiger partial charge in [0.25, 0.3) is 5.91 Å². The zero-order valence-corrected chi connectivity index (χ0v) is 13.1. The average molecular weight is 311 g/mol. The Bertz CT molecular complexity index is 622. The topological polar surface area (TPSA) is 54.5 Å². The maximum atomic E-state index is 12.1. The molecule has 0 aliphatic carbocycles. The average Bonchev–Trinajstić information content (AvgIpc) is 2.63. The first-order chi connectivity index (χ1) is 11.3. The molecule has 2 heterocycles. The first kappa shape index (κ1) is 15.6. The summed E-state index contributed by atoms with van der Waals surface area (Å²) < 4.78 is 5.31. The number of nitrogens with one attached hydrogen (secondary N) is 1. The third-order valence-corrected chi connectivity index (χ3v) is 3.92. The first-order valence-electron chi connectivity index (χ1n) is 7.93. The molecule has 1 amide bonds. The van der Waals surface area contributed by atoms with E-state index in [9.17, 15) is 4.79 Å². The van der Waals surface area contributed by atoms with Gasteiger partial charge in [-0.25, -0.2) is 0 Å². The summed E-state index contributed by atoms with van der Waals surface area (Å²) in [6, 6.07) is 13.7. The standard InChI is InChI=1S/C18H21N3O2/c22-18(19-8-9-21-10-12-23-13-11-21)17-7-6-16(14-20-17)15-4-2-1-3-5-15/h1-7,14H,8-13H2,(H,19,22). The third-order valence-electron chi connectivity index (χ3n) is 3.92. The van der Waals surface area contributed by atoms with Crippen molar-refractivity contribution < 1.29 is 9.53 Å². The Balaban J connectivity index is 1.51. The van der Waals surface area contributed by atoms with Crippen molar-refractivity contribution in [3.8, 4) is 11.1 Å². The fourth-order valence-corrected chi connectivity index (χ4v) is 2.57. The number of nitrogens with zero attached hydrogens (tertiary/aromatic N) is 2. The van der Waals surface area contributed by atoms with E-state index in [0.717, 1.165) is 44.0 Å². The number of ether oxygens (including phenoxy) is 1. The van der Waals surface area contributed by atoms with E-state index in [1.54, 1.807) is 12.3 Å². The van der Waals surface area contributed by atoms with Gasteiger partial charge >= 0.3 is 0 Å². The van der Waals surface area contributed by atoms with E-state index in [2.05, 4.69) is 15.2 Å². The molecule has 1 aromatic heterocycles. The van der Waals surface area contributed by atoms with Crippen LogP contribution in [0, 0.1) is 0 Å². The number of hydrogen-bond donors (Lipinski definition) is 1. The highest BCUT2D eigenvalue weighted by Gasteiger charge is 2.11. The van der Waals surface area contributed by atoms with Crippen molar-refractivity contribution in [2.75, 3.05) is 39.4 Å². The highest BCUT2D eigenvalue weighted by molar-refractivity contribution is 5.92. The maximum Gasteiger partial charge on any atom is 0.269 e. The van der Waals surface area contributed by atoms with Crippen molar-refractivity contribution in [3.63, 3.8) is 0 Å². The smallest absolute Gasteiger partial charge is 0.269 e. The summed E-state index contributed by atoms with van der Waals surface area (Å²) in [5.41, 5.74) is 2.56. The van der Waals surface area contributed by atoms with Crippen LogP contribution >= 0.6 is 0 Å². The van der Waals surface area contributed by atoms with Crippen LogP contribution in [0.25, 0.3) is 11.1 Å². The van der Waals surface area contributed by atoms with Gasteiger partial charge in [-0.2, -0.15) is 0 Å². The van der Waals surface area contributed by atoms with Gasteiger partial charge < -0.3 is 10.1 Å². The van der Waals surface area contributed by atoms with Crippen molar-refractivity contribution in [1.29, 1.82) is 0 Å². The number of amides is 1. The zero-order chi connectivity index (χ0) is 15.9. The van der Waals surface area contributed by atoms with Gasteiger partial charge in [0.2, 0.25) is 0 Å². The largest absolute Gasteiger partial charge is 0.379 e. The molecule has 0 bridgehead atoms. The molecule has 120 valence electrons. The minimum absolute atomic E-state index is 0.127. The van der Waals surface area contributed by atoms with E-state index >= 15 is 0 Å². The number of pyridine rings is 1. The number of morpholine rings is 1. The molecule has 1 saturated heterocycles. The van der Waals surface area contributed by atoms with Crippen LogP contribution < -0.4 is 5.32 Å². The molecule has 2 aromatic rings. The molecule has 1 aromatic carbocycles. The number of hydrogen-bond acceptors (Lipinski definition) is 4. The van der Waals surface area contributed by atoms with Crippen LogP contribution in [0.2, 0.25) is 0 Å². The molecule has 5 nitrogen and oxygen atoms in total. The number of benzene rings is 1. The van der Waals surface area contributed by atoms with E-state index < -0.39 is 0 Å². The summed E-state index contributed by atoms with van der Waals surface area (Å²) in [6.07, 6.45) is 1.74. The Morgan fingerprint density at radius 2 is 1.87 bits per heavy atom. The molecule has 0 saturated carbocycles. The SMILES string of the molecule is O=C(NCCN1CCOCC1)c1ccc(-c2ccccc2)cn1. The normalized spacial score (nSPS) is 15.3. The Morgan fingerprint density at radius 1 is 1.09 bits per heavy atom. The predicted octanol–water partition coefficient (Wildman–Crippen LogP) is 1.81. The predicted molar refractivity (Wildman–Crippen MR) is 89.3 cm³/mol. The minimum atomic E-state index is -0.127. The second kappa shape index (κ2) is 7.85. The zero-order valence-electron chi connectivity index (χ0n) is 13.1. The number of carbonyl (C=O) groups excluding carboxylic acids is 1. The van der Waals surface area contributed by atoms with Crippen molar-refractivity contribution in [1.82, 2.24) is 15.2 Å². The lowest BCUT2D eigenvalue weighted by Gasteiger charge is -2.26. The van der Waals surface area contributed by atoms with Crippen LogP contribution in [0.5, 0.6) is 0 Å². The highest BCUT2D eigenvalue weighted by Crippen LogP contribution is 2.17. The summed E-state index contributed by atoms with van der Waals surface area (Å²) in [5.74, 6) is -0.127. The lowest BCUT2D eigenvalue weighted by Crippen LogP contribution is -2.41. The number of carbonyl (C=O) groups is 1. The molecule has 5 heteroatoms. The van der Waals surface area contributed by atoms with Gasteiger partial charge in [0.1, 0.15) is 5.69 Å². The Morgan fingerprint density at radius 3 is 2.57 bits per heavy atom.